The van der Waals surface area contributed by atoms with Crippen LogP contribution in [0.4, 0.5) is 0 Å². The zero-order valence-electron chi connectivity index (χ0n) is 15.5. The van der Waals surface area contributed by atoms with Crippen molar-refractivity contribution in [2.24, 2.45) is 17.8 Å². The van der Waals surface area contributed by atoms with Crippen molar-refractivity contribution in [1.82, 2.24) is 10.2 Å². The second kappa shape index (κ2) is 9.84. The molecule has 0 amide bonds. The average molecular weight is 297 g/mol. The molecule has 1 N–H and O–H groups in total. The van der Waals surface area contributed by atoms with Crippen molar-refractivity contribution < 1.29 is 0 Å². The van der Waals surface area contributed by atoms with Gasteiger partial charge in [0.1, 0.15) is 0 Å². The third-order valence-electron chi connectivity index (χ3n) is 5.12. The van der Waals surface area contributed by atoms with Gasteiger partial charge in [-0.05, 0) is 63.8 Å². The van der Waals surface area contributed by atoms with Crippen LogP contribution in [0.25, 0.3) is 0 Å². The molecule has 1 aliphatic rings. The lowest BCUT2D eigenvalue weighted by Crippen LogP contribution is -2.48. The van der Waals surface area contributed by atoms with Gasteiger partial charge in [-0.3, -0.25) is 0 Å². The molecule has 126 valence electrons. The Morgan fingerprint density at radius 3 is 2.33 bits per heavy atom. The Hall–Kier alpha value is -0.0800. The number of hydrogen-bond acceptors (Lipinski definition) is 2. The minimum absolute atomic E-state index is 0.668. The van der Waals surface area contributed by atoms with Gasteiger partial charge in [0.05, 0.1) is 0 Å². The molecule has 1 rings (SSSR count). The molecule has 21 heavy (non-hydrogen) atoms. The summed E-state index contributed by atoms with van der Waals surface area (Å²) in [6.45, 7) is 17.8. The van der Waals surface area contributed by atoms with Crippen molar-refractivity contribution in [3.63, 3.8) is 0 Å². The molecule has 3 unspecified atom stereocenters. The monoisotopic (exact) mass is 296 g/mol. The summed E-state index contributed by atoms with van der Waals surface area (Å²) in [6.07, 6.45) is 6.86. The Balaban J connectivity index is 2.65. The van der Waals surface area contributed by atoms with Crippen LogP contribution in [0.15, 0.2) is 0 Å². The van der Waals surface area contributed by atoms with E-state index in [1.165, 1.54) is 51.7 Å². The van der Waals surface area contributed by atoms with Gasteiger partial charge in [-0.25, -0.2) is 0 Å². The van der Waals surface area contributed by atoms with Crippen molar-refractivity contribution in [3.05, 3.63) is 0 Å². The molecule has 0 aromatic carbocycles. The highest BCUT2D eigenvalue weighted by molar-refractivity contribution is 4.87. The van der Waals surface area contributed by atoms with Gasteiger partial charge in [0.15, 0.2) is 0 Å². The minimum atomic E-state index is 0.668. The quantitative estimate of drug-likeness (QED) is 0.671. The van der Waals surface area contributed by atoms with Crippen LogP contribution in [0, 0.1) is 17.8 Å². The Labute approximate surface area is 134 Å². The van der Waals surface area contributed by atoms with E-state index in [0.29, 0.717) is 6.04 Å². The van der Waals surface area contributed by atoms with Crippen LogP contribution in [0.5, 0.6) is 0 Å². The van der Waals surface area contributed by atoms with Gasteiger partial charge in [0.2, 0.25) is 0 Å². The van der Waals surface area contributed by atoms with E-state index < -0.39 is 0 Å². The van der Waals surface area contributed by atoms with Gasteiger partial charge in [0, 0.05) is 25.2 Å². The molecule has 2 nitrogen and oxygen atoms in total. The minimum Gasteiger partial charge on any atom is -0.314 e. The molecule has 0 radical (unpaired) electrons. The summed E-state index contributed by atoms with van der Waals surface area (Å²) in [5.74, 6) is 2.57. The predicted molar refractivity (Wildman–Crippen MR) is 94.8 cm³/mol. The van der Waals surface area contributed by atoms with Crippen molar-refractivity contribution in [1.29, 1.82) is 0 Å². The lowest BCUT2D eigenvalue weighted by Gasteiger charge is -2.41. The van der Waals surface area contributed by atoms with Crippen LogP contribution >= 0.6 is 0 Å². The van der Waals surface area contributed by atoms with E-state index in [4.69, 9.17) is 0 Å². The predicted octanol–water partition coefficient (Wildman–Crippen LogP) is 4.55. The number of hydrogen-bond donors (Lipinski definition) is 1. The molecule has 1 saturated carbocycles. The molecule has 0 aliphatic heterocycles. The standard InChI is InChI=1S/C19H40N2/c1-7-11-20-19-10-9-17(8-2)12-18(19)14-21(16(5)6)13-15(3)4/h15-20H,7-14H2,1-6H3. The first-order valence-corrected chi connectivity index (χ1v) is 9.45. The molecule has 0 heterocycles. The molecule has 0 bridgehead atoms. The lowest BCUT2D eigenvalue weighted by molar-refractivity contribution is 0.109. The number of nitrogens with one attached hydrogen (secondary N) is 1. The lowest BCUT2D eigenvalue weighted by atomic mass is 9.76. The third-order valence-corrected chi connectivity index (χ3v) is 5.12. The topological polar surface area (TPSA) is 15.3 Å². The van der Waals surface area contributed by atoms with Crippen LogP contribution in [0.2, 0.25) is 0 Å². The maximum absolute atomic E-state index is 3.84. The summed E-state index contributed by atoms with van der Waals surface area (Å²) >= 11 is 0. The van der Waals surface area contributed by atoms with Crippen LogP contribution < -0.4 is 5.32 Å². The van der Waals surface area contributed by atoms with E-state index >= 15 is 0 Å². The zero-order valence-corrected chi connectivity index (χ0v) is 15.5. The van der Waals surface area contributed by atoms with E-state index in [-0.39, 0.29) is 0 Å². The summed E-state index contributed by atoms with van der Waals surface area (Å²) in [5.41, 5.74) is 0. The maximum atomic E-state index is 3.84. The smallest absolute Gasteiger partial charge is 0.0108 e. The Morgan fingerprint density at radius 2 is 1.81 bits per heavy atom. The molecule has 1 aliphatic carbocycles. The molecule has 3 atom stereocenters. The first kappa shape index (κ1) is 19.0. The van der Waals surface area contributed by atoms with Gasteiger partial charge in [-0.15, -0.1) is 0 Å². The second-order valence-corrected chi connectivity index (χ2v) is 7.85. The van der Waals surface area contributed by atoms with Crippen molar-refractivity contribution in [3.8, 4) is 0 Å². The third kappa shape index (κ3) is 6.69. The van der Waals surface area contributed by atoms with Gasteiger partial charge >= 0.3 is 0 Å². The van der Waals surface area contributed by atoms with Crippen molar-refractivity contribution in [2.45, 2.75) is 85.7 Å². The number of nitrogens with zero attached hydrogens (tertiary/aromatic N) is 1. The maximum Gasteiger partial charge on any atom is 0.0108 e. The molecule has 0 spiro atoms. The average Bonchev–Trinajstić information content (AvgIpc) is 2.44. The van der Waals surface area contributed by atoms with Gasteiger partial charge in [-0.2, -0.15) is 0 Å². The van der Waals surface area contributed by atoms with E-state index in [2.05, 4.69) is 51.8 Å². The van der Waals surface area contributed by atoms with E-state index in [1.807, 2.05) is 0 Å². The van der Waals surface area contributed by atoms with Crippen molar-refractivity contribution >= 4 is 0 Å². The first-order valence-electron chi connectivity index (χ1n) is 9.45. The fraction of sp³-hybridized carbons (Fsp3) is 1.00. The molecule has 0 aromatic heterocycles. The summed E-state index contributed by atoms with van der Waals surface area (Å²) < 4.78 is 0. The van der Waals surface area contributed by atoms with E-state index in [0.717, 1.165) is 23.8 Å². The van der Waals surface area contributed by atoms with Gasteiger partial charge < -0.3 is 10.2 Å². The summed E-state index contributed by atoms with van der Waals surface area (Å²) in [5, 5.41) is 3.84. The summed E-state index contributed by atoms with van der Waals surface area (Å²) in [7, 11) is 0. The normalized spacial score (nSPS) is 27.0. The first-order chi connectivity index (χ1) is 9.97. The molecular formula is C19H40N2. The van der Waals surface area contributed by atoms with E-state index in [1.54, 1.807) is 0 Å². The van der Waals surface area contributed by atoms with Gasteiger partial charge in [0.25, 0.3) is 0 Å². The van der Waals surface area contributed by atoms with Crippen LogP contribution in [0.3, 0.4) is 0 Å². The van der Waals surface area contributed by atoms with Gasteiger partial charge in [-0.1, -0.05) is 34.1 Å². The van der Waals surface area contributed by atoms with Crippen LogP contribution in [0.1, 0.15) is 73.6 Å². The highest BCUT2D eigenvalue weighted by Crippen LogP contribution is 2.32. The van der Waals surface area contributed by atoms with Crippen LogP contribution in [-0.4, -0.2) is 36.6 Å². The van der Waals surface area contributed by atoms with E-state index in [9.17, 15) is 0 Å². The largest absolute Gasteiger partial charge is 0.314 e. The second-order valence-electron chi connectivity index (χ2n) is 7.85. The van der Waals surface area contributed by atoms with Crippen molar-refractivity contribution in [2.75, 3.05) is 19.6 Å². The Morgan fingerprint density at radius 1 is 1.10 bits per heavy atom. The highest BCUT2D eigenvalue weighted by atomic mass is 15.2. The number of rotatable bonds is 9. The fourth-order valence-electron chi connectivity index (χ4n) is 3.80. The fourth-order valence-corrected chi connectivity index (χ4v) is 3.80. The Bertz CT molecular complexity index is 262. The van der Waals surface area contributed by atoms with Crippen LogP contribution in [-0.2, 0) is 0 Å². The summed E-state index contributed by atoms with van der Waals surface area (Å²) in [6, 6.07) is 1.42. The molecule has 1 fully saturated rings. The highest BCUT2D eigenvalue weighted by Gasteiger charge is 2.31. The molecule has 2 heteroatoms. The Kier molecular flexibility index (Phi) is 8.89. The summed E-state index contributed by atoms with van der Waals surface area (Å²) in [4.78, 5) is 2.72. The molecule has 0 aromatic rings. The SMILES string of the molecule is CCCNC1CCC(CC)CC1CN(CC(C)C)C(C)C. The zero-order chi connectivity index (χ0) is 15.8. The molecule has 0 saturated heterocycles. The molecular weight excluding hydrogens is 256 g/mol.